The van der Waals surface area contributed by atoms with Crippen LogP contribution in [0.25, 0.3) is 22.0 Å². The number of nitrogens with one attached hydrogen (secondary N) is 1. The van der Waals surface area contributed by atoms with E-state index in [0.29, 0.717) is 10.9 Å². The summed E-state index contributed by atoms with van der Waals surface area (Å²) in [6, 6.07) is 13.9. The van der Waals surface area contributed by atoms with Gasteiger partial charge in [0.05, 0.1) is 5.69 Å². The molecule has 3 rings (SSSR count). The Morgan fingerprint density at radius 3 is 2.73 bits per heavy atom. The fourth-order valence-corrected chi connectivity index (χ4v) is 2.91. The van der Waals surface area contributed by atoms with E-state index in [1.807, 2.05) is 55.6 Å². The molecule has 22 heavy (non-hydrogen) atoms. The number of aromatic amines is 1. The SMILES string of the molecule is CSc1nc(-c2c(C)ccc3ccccc23)c(C#N)c(=O)[nH]1. The minimum atomic E-state index is -0.399. The topological polar surface area (TPSA) is 69.5 Å². The monoisotopic (exact) mass is 307 g/mol. The van der Waals surface area contributed by atoms with Crippen molar-refractivity contribution in [2.75, 3.05) is 6.26 Å². The fourth-order valence-electron chi connectivity index (χ4n) is 2.53. The molecule has 0 amide bonds. The van der Waals surface area contributed by atoms with Gasteiger partial charge >= 0.3 is 0 Å². The van der Waals surface area contributed by atoms with Gasteiger partial charge < -0.3 is 4.98 Å². The lowest BCUT2D eigenvalue weighted by Gasteiger charge is -2.11. The van der Waals surface area contributed by atoms with Gasteiger partial charge in [0.1, 0.15) is 11.6 Å². The van der Waals surface area contributed by atoms with Gasteiger partial charge in [0.15, 0.2) is 5.16 Å². The van der Waals surface area contributed by atoms with Crippen molar-refractivity contribution in [2.45, 2.75) is 12.1 Å². The summed E-state index contributed by atoms with van der Waals surface area (Å²) in [6.07, 6.45) is 1.84. The first-order valence-corrected chi connectivity index (χ1v) is 7.95. The standard InChI is InChI=1S/C17H13N3OS/c1-10-7-8-11-5-3-4-6-12(11)14(10)15-13(9-18)16(21)20-17(19-15)22-2/h3-8H,1-2H3,(H,19,20,21). The van der Waals surface area contributed by atoms with Crippen LogP contribution in [0.1, 0.15) is 11.1 Å². The lowest BCUT2D eigenvalue weighted by atomic mass is 9.95. The Morgan fingerprint density at radius 1 is 1.23 bits per heavy atom. The molecule has 0 aliphatic rings. The zero-order chi connectivity index (χ0) is 15.7. The quantitative estimate of drug-likeness (QED) is 0.581. The number of aryl methyl sites for hydroxylation is 1. The molecule has 5 heteroatoms. The summed E-state index contributed by atoms with van der Waals surface area (Å²) in [5, 5.41) is 11.9. The second kappa shape index (κ2) is 5.66. The van der Waals surface area contributed by atoms with Crippen LogP contribution in [0.3, 0.4) is 0 Å². The van der Waals surface area contributed by atoms with Gasteiger partial charge in [-0.05, 0) is 29.5 Å². The van der Waals surface area contributed by atoms with E-state index in [0.717, 1.165) is 21.9 Å². The highest BCUT2D eigenvalue weighted by atomic mass is 32.2. The van der Waals surface area contributed by atoms with Crippen molar-refractivity contribution in [3.8, 4) is 17.3 Å². The van der Waals surface area contributed by atoms with E-state index in [2.05, 4.69) is 9.97 Å². The maximum absolute atomic E-state index is 12.1. The van der Waals surface area contributed by atoms with E-state index < -0.39 is 5.56 Å². The number of rotatable bonds is 2. The van der Waals surface area contributed by atoms with Crippen molar-refractivity contribution in [3.05, 3.63) is 57.9 Å². The molecule has 0 unspecified atom stereocenters. The van der Waals surface area contributed by atoms with Crippen LogP contribution in [0, 0.1) is 18.3 Å². The number of hydrogen-bond donors (Lipinski definition) is 1. The molecule has 0 radical (unpaired) electrons. The number of nitriles is 1. The smallest absolute Gasteiger partial charge is 0.270 e. The van der Waals surface area contributed by atoms with Gasteiger partial charge in [-0.15, -0.1) is 0 Å². The second-order valence-corrected chi connectivity index (χ2v) is 5.68. The van der Waals surface area contributed by atoms with Crippen molar-refractivity contribution in [1.29, 1.82) is 5.26 Å². The van der Waals surface area contributed by atoms with Gasteiger partial charge in [-0.2, -0.15) is 5.26 Å². The molecular weight excluding hydrogens is 294 g/mol. The van der Waals surface area contributed by atoms with Crippen LogP contribution in [-0.4, -0.2) is 16.2 Å². The summed E-state index contributed by atoms with van der Waals surface area (Å²) in [5.41, 5.74) is 1.93. The summed E-state index contributed by atoms with van der Waals surface area (Å²) >= 11 is 1.35. The van der Waals surface area contributed by atoms with Crippen LogP contribution in [0.4, 0.5) is 0 Å². The minimum absolute atomic E-state index is 0.0530. The van der Waals surface area contributed by atoms with Crippen LogP contribution in [-0.2, 0) is 0 Å². The van der Waals surface area contributed by atoms with Crippen molar-refractivity contribution < 1.29 is 0 Å². The largest absolute Gasteiger partial charge is 0.300 e. The van der Waals surface area contributed by atoms with Crippen LogP contribution in [0.2, 0.25) is 0 Å². The molecule has 0 bridgehead atoms. The van der Waals surface area contributed by atoms with E-state index >= 15 is 0 Å². The summed E-state index contributed by atoms with van der Waals surface area (Å²) in [7, 11) is 0. The molecule has 0 fully saturated rings. The molecule has 108 valence electrons. The molecule has 0 aliphatic carbocycles. The summed E-state index contributed by atoms with van der Waals surface area (Å²) in [5.74, 6) is 0. The molecule has 1 N–H and O–H groups in total. The number of H-pyrrole nitrogens is 1. The highest BCUT2D eigenvalue weighted by Gasteiger charge is 2.17. The summed E-state index contributed by atoms with van der Waals surface area (Å²) < 4.78 is 0. The van der Waals surface area contributed by atoms with E-state index in [4.69, 9.17) is 0 Å². The van der Waals surface area contributed by atoms with E-state index in [9.17, 15) is 10.1 Å². The van der Waals surface area contributed by atoms with Gasteiger partial charge in [-0.1, -0.05) is 48.2 Å². The van der Waals surface area contributed by atoms with Gasteiger partial charge in [0, 0.05) is 5.56 Å². The molecule has 4 nitrogen and oxygen atoms in total. The molecule has 0 atom stereocenters. The third-order valence-electron chi connectivity index (χ3n) is 3.58. The maximum atomic E-state index is 12.1. The second-order valence-electron chi connectivity index (χ2n) is 4.89. The molecule has 1 aromatic heterocycles. The number of fused-ring (bicyclic) bond motifs is 1. The van der Waals surface area contributed by atoms with Crippen molar-refractivity contribution in [1.82, 2.24) is 9.97 Å². The number of hydrogen-bond acceptors (Lipinski definition) is 4. The highest BCUT2D eigenvalue weighted by Crippen LogP contribution is 2.32. The van der Waals surface area contributed by atoms with Crippen molar-refractivity contribution >= 4 is 22.5 Å². The first-order chi connectivity index (χ1) is 10.7. The van der Waals surface area contributed by atoms with E-state index in [1.54, 1.807) is 0 Å². The Morgan fingerprint density at radius 2 is 2.00 bits per heavy atom. The van der Waals surface area contributed by atoms with Gasteiger partial charge in [0.25, 0.3) is 5.56 Å². The van der Waals surface area contributed by atoms with Crippen LogP contribution >= 0.6 is 11.8 Å². The molecule has 1 heterocycles. The molecule has 2 aromatic carbocycles. The Kier molecular flexibility index (Phi) is 3.70. The molecule has 0 spiro atoms. The predicted molar refractivity (Wildman–Crippen MR) is 89.0 cm³/mol. The van der Waals surface area contributed by atoms with E-state index in [-0.39, 0.29) is 5.56 Å². The van der Waals surface area contributed by atoms with Crippen LogP contribution in [0.5, 0.6) is 0 Å². The van der Waals surface area contributed by atoms with Gasteiger partial charge in [0.2, 0.25) is 0 Å². The summed E-state index contributed by atoms with van der Waals surface area (Å²) in [6.45, 7) is 1.96. The lowest BCUT2D eigenvalue weighted by Crippen LogP contribution is -2.15. The Labute approximate surface area is 131 Å². The van der Waals surface area contributed by atoms with Crippen molar-refractivity contribution in [2.24, 2.45) is 0 Å². The number of aromatic nitrogens is 2. The molecule has 0 aliphatic heterocycles. The average molecular weight is 307 g/mol. The number of thioether (sulfide) groups is 1. The van der Waals surface area contributed by atoms with Crippen molar-refractivity contribution in [3.63, 3.8) is 0 Å². The third kappa shape index (κ3) is 2.28. The number of benzene rings is 2. The molecule has 3 aromatic rings. The zero-order valence-electron chi connectivity index (χ0n) is 12.2. The van der Waals surface area contributed by atoms with Gasteiger partial charge in [-0.3, -0.25) is 4.79 Å². The molecule has 0 saturated carbocycles. The highest BCUT2D eigenvalue weighted by molar-refractivity contribution is 7.98. The van der Waals surface area contributed by atoms with E-state index in [1.165, 1.54) is 11.8 Å². The normalized spacial score (nSPS) is 10.6. The first kappa shape index (κ1) is 14.4. The lowest BCUT2D eigenvalue weighted by molar-refractivity contribution is 0.937. The summed E-state index contributed by atoms with van der Waals surface area (Å²) in [4.78, 5) is 19.3. The Hall–Kier alpha value is -2.58. The van der Waals surface area contributed by atoms with Crippen LogP contribution in [0.15, 0.2) is 46.3 Å². The zero-order valence-corrected chi connectivity index (χ0v) is 13.0. The first-order valence-electron chi connectivity index (χ1n) is 6.73. The molecule has 0 saturated heterocycles. The average Bonchev–Trinajstić information content (AvgIpc) is 2.54. The fraction of sp³-hybridized carbons (Fsp3) is 0.118. The maximum Gasteiger partial charge on any atom is 0.270 e. The third-order valence-corrected chi connectivity index (χ3v) is 4.16. The number of nitrogens with zero attached hydrogens (tertiary/aromatic N) is 2. The molecular formula is C17H13N3OS. The van der Waals surface area contributed by atoms with Gasteiger partial charge in [-0.25, -0.2) is 4.98 Å². The Bertz CT molecular complexity index is 970. The minimum Gasteiger partial charge on any atom is -0.300 e. The predicted octanol–water partition coefficient (Wildman–Crippen LogP) is 3.49. The van der Waals surface area contributed by atoms with Crippen LogP contribution < -0.4 is 5.56 Å². The Balaban J connectivity index is 2.47.